The number of methoxy groups -OCH3 is 1. The van der Waals surface area contributed by atoms with Crippen molar-refractivity contribution in [2.75, 3.05) is 30.0 Å². The van der Waals surface area contributed by atoms with Crippen LogP contribution in [0.2, 0.25) is 0 Å². The lowest BCUT2D eigenvalue weighted by Gasteiger charge is -2.42. The summed E-state index contributed by atoms with van der Waals surface area (Å²) in [7, 11) is -2.02. The fraction of sp³-hybridized carbons (Fsp3) is 0.310. The van der Waals surface area contributed by atoms with Crippen LogP contribution in [0.1, 0.15) is 6.92 Å². The Morgan fingerprint density at radius 3 is 2.47 bits per heavy atom. The number of carbonyl (C=O) groups excluding carboxylic acids is 1. The molecule has 6 N–H and O–H groups in total. The summed E-state index contributed by atoms with van der Waals surface area (Å²) in [6.07, 6.45) is -4.30. The molecule has 1 saturated heterocycles. The Morgan fingerprint density at radius 1 is 1.02 bits per heavy atom. The number of carbonyl (C=O) groups is 1. The van der Waals surface area contributed by atoms with Crippen molar-refractivity contribution < 1.29 is 42.7 Å². The van der Waals surface area contributed by atoms with Crippen LogP contribution in [-0.4, -0.2) is 85.2 Å². The number of sulfonamides is 1. The van der Waals surface area contributed by atoms with Gasteiger partial charge in [0.05, 0.1) is 42.6 Å². The highest BCUT2D eigenvalue weighted by Gasteiger charge is 2.46. The molecule has 0 spiro atoms. The summed E-state index contributed by atoms with van der Waals surface area (Å²) < 4.78 is 43.4. The van der Waals surface area contributed by atoms with E-state index in [0.29, 0.717) is 39.2 Å². The molecule has 5 rings (SSSR count). The summed E-state index contributed by atoms with van der Waals surface area (Å²) in [5.41, 5.74) is 2.58. The maximum atomic E-state index is 11.9. The van der Waals surface area contributed by atoms with Crippen molar-refractivity contribution >= 4 is 54.8 Å². The molecule has 0 radical (unpaired) electrons. The van der Waals surface area contributed by atoms with E-state index in [4.69, 9.17) is 19.2 Å². The van der Waals surface area contributed by atoms with Crippen molar-refractivity contribution in [2.24, 2.45) is 0 Å². The average molecular weight is 613 g/mol. The zero-order valence-corrected chi connectivity index (χ0v) is 24.3. The van der Waals surface area contributed by atoms with E-state index in [-0.39, 0.29) is 5.75 Å². The number of anilines is 3. The lowest BCUT2D eigenvalue weighted by atomic mass is 9.97. The van der Waals surface area contributed by atoms with Crippen LogP contribution in [0.3, 0.4) is 0 Å². The van der Waals surface area contributed by atoms with E-state index in [0.717, 1.165) is 11.6 Å². The smallest absolute Gasteiger partial charge is 0.229 e. The highest BCUT2D eigenvalue weighted by atomic mass is 32.2. The third-order valence-electron chi connectivity index (χ3n) is 6.93. The van der Waals surface area contributed by atoms with E-state index < -0.39 is 53.2 Å². The Balaban J connectivity index is 1.59. The average Bonchev–Trinajstić information content (AvgIpc) is 2.96. The Morgan fingerprint density at radius 2 is 1.77 bits per heavy atom. The number of amides is 1. The van der Waals surface area contributed by atoms with Gasteiger partial charge in [-0.05, 0) is 24.3 Å². The molecular formula is C29H32N4O9S. The van der Waals surface area contributed by atoms with Crippen LogP contribution in [0.15, 0.2) is 60.7 Å². The Bertz CT molecular complexity index is 1770. The summed E-state index contributed by atoms with van der Waals surface area (Å²) in [5, 5.41) is 38.2. The summed E-state index contributed by atoms with van der Waals surface area (Å²) in [4.78, 5) is 16.7. The van der Waals surface area contributed by atoms with Gasteiger partial charge in [-0.2, -0.15) is 0 Å². The molecular weight excluding hydrogens is 580 g/mol. The van der Waals surface area contributed by atoms with Gasteiger partial charge in [0.15, 0.2) is 0 Å². The van der Waals surface area contributed by atoms with Crippen LogP contribution >= 0.6 is 0 Å². The van der Waals surface area contributed by atoms with E-state index in [9.17, 15) is 28.5 Å². The Hall–Kier alpha value is -4.21. The quantitative estimate of drug-likeness (QED) is 0.151. The van der Waals surface area contributed by atoms with Gasteiger partial charge in [0, 0.05) is 23.8 Å². The third kappa shape index (κ3) is 6.43. The second-order valence-corrected chi connectivity index (χ2v) is 11.9. The van der Waals surface area contributed by atoms with E-state index in [1.807, 2.05) is 30.3 Å². The molecule has 0 aliphatic carbocycles. The second-order valence-electron chi connectivity index (χ2n) is 10.1. The first-order chi connectivity index (χ1) is 20.5. The van der Waals surface area contributed by atoms with Crippen LogP contribution < -0.4 is 24.8 Å². The highest BCUT2D eigenvalue weighted by molar-refractivity contribution is 7.92. The van der Waals surface area contributed by atoms with Gasteiger partial charge in [0.1, 0.15) is 41.4 Å². The molecule has 13 nitrogen and oxygen atoms in total. The monoisotopic (exact) mass is 612 g/mol. The van der Waals surface area contributed by atoms with E-state index in [1.54, 1.807) is 30.3 Å². The number of pyridine rings is 1. The molecule has 3 aromatic carbocycles. The first-order valence-corrected chi connectivity index (χ1v) is 15.2. The lowest BCUT2D eigenvalue weighted by Crippen LogP contribution is -2.65. The highest BCUT2D eigenvalue weighted by Crippen LogP contribution is 2.40. The first kappa shape index (κ1) is 30.3. The number of hydrogen-bond acceptors (Lipinski definition) is 11. The van der Waals surface area contributed by atoms with Gasteiger partial charge in [-0.25, -0.2) is 13.4 Å². The molecule has 14 heteroatoms. The zero-order chi connectivity index (χ0) is 30.9. The number of aromatic nitrogens is 1. The fourth-order valence-corrected chi connectivity index (χ4v) is 5.58. The minimum absolute atomic E-state index is 0.256. The molecule has 1 fully saturated rings. The topological polar surface area (TPSA) is 189 Å². The summed E-state index contributed by atoms with van der Waals surface area (Å²) >= 11 is 0. The number of hydrogen-bond donors (Lipinski definition) is 6. The van der Waals surface area contributed by atoms with Crippen molar-refractivity contribution in [3.63, 3.8) is 0 Å². The van der Waals surface area contributed by atoms with Crippen LogP contribution in [0.5, 0.6) is 11.5 Å². The van der Waals surface area contributed by atoms with Gasteiger partial charge in [0.2, 0.25) is 22.2 Å². The van der Waals surface area contributed by atoms with E-state index >= 15 is 0 Å². The Kier molecular flexibility index (Phi) is 8.57. The number of ether oxygens (including phenoxy) is 3. The van der Waals surface area contributed by atoms with Crippen LogP contribution in [0.4, 0.5) is 17.1 Å². The number of aliphatic hydroxyl groups is 3. The molecule has 5 unspecified atom stereocenters. The van der Waals surface area contributed by atoms with Gasteiger partial charge >= 0.3 is 0 Å². The Labute approximate surface area is 247 Å². The zero-order valence-electron chi connectivity index (χ0n) is 23.5. The number of benzene rings is 3. The standard InChI is InChI=1S/C29H32N4O9S/c1-15(35)30-26-28(37)27(36)23(14-34)42-29(26)41-21-10-6-8-18-24(17-7-4-5-9-19(17)31-25(18)21)32-20-12-11-16(13-22(20)40-2)33-43(3,38)39/h4-13,23,26-29,33-34,36-37H,14H2,1-3H3,(H,30,35)(H,31,32). The summed E-state index contributed by atoms with van der Waals surface area (Å²) in [6, 6.07) is 16.3. The van der Waals surface area contributed by atoms with Crippen LogP contribution in [0.25, 0.3) is 21.8 Å². The minimum atomic E-state index is -3.50. The molecule has 4 aromatic rings. The third-order valence-corrected chi connectivity index (χ3v) is 7.54. The van der Waals surface area contributed by atoms with Crippen molar-refractivity contribution in [1.82, 2.24) is 10.3 Å². The largest absolute Gasteiger partial charge is 0.494 e. The molecule has 1 aliphatic rings. The predicted octanol–water partition coefficient (Wildman–Crippen LogP) is 1.83. The molecule has 0 bridgehead atoms. The number of rotatable bonds is 9. The molecule has 0 saturated carbocycles. The maximum absolute atomic E-state index is 11.9. The van der Waals surface area contributed by atoms with E-state index in [2.05, 4.69) is 15.4 Å². The molecule has 5 atom stereocenters. The molecule has 43 heavy (non-hydrogen) atoms. The lowest BCUT2D eigenvalue weighted by molar-refractivity contribution is -0.244. The van der Waals surface area contributed by atoms with Crippen LogP contribution in [-0.2, 0) is 19.6 Å². The predicted molar refractivity (Wildman–Crippen MR) is 160 cm³/mol. The van der Waals surface area contributed by atoms with Crippen molar-refractivity contribution in [3.8, 4) is 11.5 Å². The normalized spacial score (nSPS) is 22.2. The number of fused-ring (bicyclic) bond motifs is 2. The van der Waals surface area contributed by atoms with Crippen molar-refractivity contribution in [3.05, 3.63) is 60.7 Å². The van der Waals surface area contributed by atoms with Crippen molar-refractivity contribution in [2.45, 2.75) is 37.6 Å². The van der Waals surface area contributed by atoms with Gasteiger partial charge in [0.25, 0.3) is 0 Å². The van der Waals surface area contributed by atoms with Gasteiger partial charge in [-0.3, -0.25) is 9.52 Å². The molecule has 1 aromatic heterocycles. The van der Waals surface area contributed by atoms with Gasteiger partial charge < -0.3 is 40.2 Å². The number of nitrogens with zero attached hydrogens (tertiary/aromatic N) is 1. The van der Waals surface area contributed by atoms with Gasteiger partial charge in [-0.1, -0.05) is 30.3 Å². The second kappa shape index (κ2) is 12.2. The molecule has 2 heterocycles. The molecule has 1 amide bonds. The van der Waals surface area contributed by atoms with Gasteiger partial charge in [-0.15, -0.1) is 0 Å². The SMILES string of the molecule is COc1cc(NS(C)(=O)=O)ccc1Nc1c2ccccc2nc2c(OC3OC(CO)C(O)C(O)C3NC(C)=O)cccc12. The first-order valence-electron chi connectivity index (χ1n) is 13.3. The summed E-state index contributed by atoms with van der Waals surface area (Å²) in [5.74, 6) is 0.161. The fourth-order valence-electron chi connectivity index (χ4n) is 5.02. The number of aliphatic hydroxyl groups excluding tert-OH is 3. The van der Waals surface area contributed by atoms with Crippen LogP contribution in [0, 0.1) is 0 Å². The summed E-state index contributed by atoms with van der Waals surface area (Å²) in [6.45, 7) is 0.674. The van der Waals surface area contributed by atoms with E-state index in [1.165, 1.54) is 14.0 Å². The van der Waals surface area contributed by atoms with Crippen molar-refractivity contribution in [1.29, 1.82) is 0 Å². The maximum Gasteiger partial charge on any atom is 0.229 e. The number of para-hydroxylation sites is 2. The molecule has 228 valence electrons. The number of nitrogens with one attached hydrogen (secondary N) is 3. The molecule has 1 aliphatic heterocycles. The minimum Gasteiger partial charge on any atom is -0.494 e.